The van der Waals surface area contributed by atoms with E-state index in [4.69, 9.17) is 0 Å². The average molecular weight is 216 g/mol. The van der Waals surface area contributed by atoms with Gasteiger partial charge in [-0.2, -0.15) is 0 Å². The third-order valence-corrected chi connectivity index (χ3v) is 2.28. The van der Waals surface area contributed by atoms with Crippen LogP contribution in [0.3, 0.4) is 0 Å². The molecule has 0 radical (unpaired) electrons. The Kier molecular flexibility index (Phi) is 2.76. The first-order valence-electron chi connectivity index (χ1n) is 4.97. The number of carbonyl (C=O) groups is 1. The van der Waals surface area contributed by atoms with Gasteiger partial charge in [-0.15, -0.1) is 5.10 Å². The van der Waals surface area contributed by atoms with Gasteiger partial charge in [-0.1, -0.05) is 6.07 Å². The van der Waals surface area contributed by atoms with E-state index >= 15 is 0 Å². The number of Topliss-reactive ketones (excluding diaryl/α,β-unsaturated/α-hetero) is 1. The molecule has 0 saturated carbocycles. The number of aryl methyl sites for hydroxylation is 1. The lowest BCUT2D eigenvalue weighted by molar-refractivity contribution is 0.100. The number of hydrogen-bond acceptors (Lipinski definition) is 4. The molecule has 0 aliphatic carbocycles. The van der Waals surface area contributed by atoms with Crippen molar-refractivity contribution in [3.63, 3.8) is 0 Å². The highest BCUT2D eigenvalue weighted by Crippen LogP contribution is 2.04. The molecule has 0 aliphatic rings. The standard InChI is InChI=1S/C11H12N4O/c1-8-4-3-5-12-10(8)6-15-7-13-11(14-15)9(2)16/h3-5,7H,6H2,1-2H3. The van der Waals surface area contributed by atoms with Crippen LogP contribution in [0.15, 0.2) is 24.7 Å². The summed E-state index contributed by atoms with van der Waals surface area (Å²) in [6.07, 6.45) is 3.29. The van der Waals surface area contributed by atoms with Crippen LogP contribution in [0.1, 0.15) is 28.8 Å². The number of pyridine rings is 1. The van der Waals surface area contributed by atoms with Gasteiger partial charge in [0.2, 0.25) is 5.82 Å². The topological polar surface area (TPSA) is 60.7 Å². The molecule has 5 nitrogen and oxygen atoms in total. The first-order valence-corrected chi connectivity index (χ1v) is 4.97. The molecule has 0 amide bonds. The highest BCUT2D eigenvalue weighted by atomic mass is 16.1. The second kappa shape index (κ2) is 4.22. The van der Waals surface area contributed by atoms with Crippen molar-refractivity contribution in [3.05, 3.63) is 41.7 Å². The van der Waals surface area contributed by atoms with E-state index in [1.165, 1.54) is 6.92 Å². The maximum absolute atomic E-state index is 11.0. The van der Waals surface area contributed by atoms with Crippen LogP contribution < -0.4 is 0 Å². The summed E-state index contributed by atoms with van der Waals surface area (Å²) < 4.78 is 1.62. The number of nitrogens with zero attached hydrogens (tertiary/aromatic N) is 4. The summed E-state index contributed by atoms with van der Waals surface area (Å²) in [6, 6.07) is 3.88. The van der Waals surface area contributed by atoms with Gasteiger partial charge in [0, 0.05) is 13.1 Å². The molecule has 0 saturated heterocycles. The molecule has 0 bridgehead atoms. The fourth-order valence-corrected chi connectivity index (χ4v) is 1.37. The first-order chi connectivity index (χ1) is 7.66. The molecular formula is C11H12N4O. The number of aromatic nitrogens is 4. The van der Waals surface area contributed by atoms with Crippen molar-refractivity contribution >= 4 is 5.78 Å². The van der Waals surface area contributed by atoms with Crippen molar-refractivity contribution in [1.82, 2.24) is 19.7 Å². The van der Waals surface area contributed by atoms with Crippen LogP contribution in [0, 0.1) is 6.92 Å². The molecular weight excluding hydrogens is 204 g/mol. The lowest BCUT2D eigenvalue weighted by atomic mass is 10.2. The lowest BCUT2D eigenvalue weighted by Crippen LogP contribution is -2.05. The summed E-state index contributed by atoms with van der Waals surface area (Å²) in [4.78, 5) is 19.2. The molecule has 82 valence electrons. The van der Waals surface area contributed by atoms with Crippen LogP contribution >= 0.6 is 0 Å². The second-order valence-electron chi connectivity index (χ2n) is 3.59. The predicted molar refractivity (Wildman–Crippen MR) is 58.1 cm³/mol. The van der Waals surface area contributed by atoms with E-state index in [9.17, 15) is 4.79 Å². The molecule has 2 heterocycles. The average Bonchev–Trinajstić information content (AvgIpc) is 2.70. The van der Waals surface area contributed by atoms with E-state index in [1.807, 2.05) is 19.1 Å². The van der Waals surface area contributed by atoms with E-state index in [0.717, 1.165) is 11.3 Å². The van der Waals surface area contributed by atoms with Crippen LogP contribution in [-0.4, -0.2) is 25.5 Å². The highest BCUT2D eigenvalue weighted by Gasteiger charge is 2.07. The number of rotatable bonds is 3. The van der Waals surface area contributed by atoms with Gasteiger partial charge in [0.05, 0.1) is 12.2 Å². The van der Waals surface area contributed by atoms with Gasteiger partial charge >= 0.3 is 0 Å². The summed E-state index contributed by atoms with van der Waals surface area (Å²) in [6.45, 7) is 3.98. The quantitative estimate of drug-likeness (QED) is 0.724. The van der Waals surface area contributed by atoms with E-state index in [1.54, 1.807) is 17.2 Å². The minimum atomic E-state index is -0.128. The Morgan fingerprint density at radius 1 is 1.44 bits per heavy atom. The zero-order valence-electron chi connectivity index (χ0n) is 9.21. The highest BCUT2D eigenvalue weighted by molar-refractivity contribution is 5.89. The summed E-state index contributed by atoms with van der Waals surface area (Å²) in [5.41, 5.74) is 2.03. The second-order valence-corrected chi connectivity index (χ2v) is 3.59. The Labute approximate surface area is 93.2 Å². The van der Waals surface area contributed by atoms with Crippen molar-refractivity contribution in [3.8, 4) is 0 Å². The van der Waals surface area contributed by atoms with Crippen molar-refractivity contribution in [1.29, 1.82) is 0 Å². The van der Waals surface area contributed by atoms with Crippen LogP contribution in [0.5, 0.6) is 0 Å². The van der Waals surface area contributed by atoms with Gasteiger partial charge in [-0.3, -0.25) is 9.78 Å². The van der Waals surface area contributed by atoms with Gasteiger partial charge in [0.15, 0.2) is 5.78 Å². The van der Waals surface area contributed by atoms with Crippen LogP contribution in [0.4, 0.5) is 0 Å². The molecule has 0 atom stereocenters. The molecule has 5 heteroatoms. The van der Waals surface area contributed by atoms with Gasteiger partial charge in [0.25, 0.3) is 0 Å². The zero-order chi connectivity index (χ0) is 11.5. The third-order valence-electron chi connectivity index (χ3n) is 2.28. The van der Waals surface area contributed by atoms with Crippen molar-refractivity contribution in [2.45, 2.75) is 20.4 Å². The van der Waals surface area contributed by atoms with Crippen LogP contribution in [-0.2, 0) is 6.54 Å². The maximum Gasteiger partial charge on any atom is 0.216 e. The van der Waals surface area contributed by atoms with E-state index in [-0.39, 0.29) is 11.6 Å². The van der Waals surface area contributed by atoms with Gasteiger partial charge in [0.1, 0.15) is 6.33 Å². The molecule has 16 heavy (non-hydrogen) atoms. The summed E-state index contributed by atoms with van der Waals surface area (Å²) in [5.74, 6) is 0.116. The van der Waals surface area contributed by atoms with Gasteiger partial charge in [-0.25, -0.2) is 9.67 Å². The molecule has 0 spiro atoms. The van der Waals surface area contributed by atoms with E-state index < -0.39 is 0 Å². The van der Waals surface area contributed by atoms with Gasteiger partial charge < -0.3 is 0 Å². The summed E-state index contributed by atoms with van der Waals surface area (Å²) >= 11 is 0. The third kappa shape index (κ3) is 2.13. The normalized spacial score (nSPS) is 10.4. The van der Waals surface area contributed by atoms with Crippen molar-refractivity contribution in [2.24, 2.45) is 0 Å². The minimum Gasteiger partial charge on any atom is -0.291 e. The van der Waals surface area contributed by atoms with Crippen LogP contribution in [0.25, 0.3) is 0 Å². The fraction of sp³-hybridized carbons (Fsp3) is 0.273. The van der Waals surface area contributed by atoms with Crippen molar-refractivity contribution in [2.75, 3.05) is 0 Å². The number of hydrogen-bond donors (Lipinski definition) is 0. The monoisotopic (exact) mass is 216 g/mol. The van der Waals surface area contributed by atoms with Crippen LogP contribution in [0.2, 0.25) is 0 Å². The predicted octanol–water partition coefficient (Wildman–Crippen LogP) is 1.23. The molecule has 0 fully saturated rings. The zero-order valence-corrected chi connectivity index (χ0v) is 9.21. The molecule has 0 N–H and O–H groups in total. The smallest absolute Gasteiger partial charge is 0.216 e. The van der Waals surface area contributed by atoms with E-state index in [0.29, 0.717) is 6.54 Å². The SMILES string of the molecule is CC(=O)c1ncn(Cc2ncccc2C)n1. The molecule has 2 aromatic heterocycles. The Morgan fingerprint density at radius 3 is 2.88 bits per heavy atom. The summed E-state index contributed by atoms with van der Waals surface area (Å²) in [7, 11) is 0. The van der Waals surface area contributed by atoms with E-state index in [2.05, 4.69) is 15.1 Å². The Morgan fingerprint density at radius 2 is 2.25 bits per heavy atom. The summed E-state index contributed by atoms with van der Waals surface area (Å²) in [5, 5.41) is 4.06. The maximum atomic E-state index is 11.0. The molecule has 0 aromatic carbocycles. The number of carbonyl (C=O) groups excluding carboxylic acids is 1. The van der Waals surface area contributed by atoms with Crippen molar-refractivity contribution < 1.29 is 4.79 Å². The minimum absolute atomic E-state index is 0.128. The molecule has 0 aliphatic heterocycles. The molecule has 0 unspecified atom stereocenters. The lowest BCUT2D eigenvalue weighted by Gasteiger charge is -2.02. The molecule has 2 aromatic rings. The Balaban J connectivity index is 2.21. The number of ketones is 1. The first kappa shape index (κ1) is 10.5. The Bertz CT molecular complexity index is 518. The molecule has 2 rings (SSSR count). The largest absolute Gasteiger partial charge is 0.291 e. The fourth-order valence-electron chi connectivity index (χ4n) is 1.37. The Hall–Kier alpha value is -2.04. The van der Waals surface area contributed by atoms with Gasteiger partial charge in [-0.05, 0) is 18.6 Å².